The highest BCUT2D eigenvalue weighted by Gasteiger charge is 2.38. The molecule has 3 aliphatic heterocycles. The van der Waals surface area contributed by atoms with E-state index < -0.39 is 23.5 Å². The summed E-state index contributed by atoms with van der Waals surface area (Å²) in [7, 11) is 0. The van der Waals surface area contributed by atoms with Gasteiger partial charge in [0.25, 0.3) is 5.91 Å². The largest absolute Gasteiger partial charge is 0.437 e. The molecular formula is C20H23F3N8O. The van der Waals surface area contributed by atoms with E-state index in [9.17, 15) is 18.0 Å². The number of hydrogen-bond acceptors (Lipinski definition) is 6. The number of anilines is 2. The van der Waals surface area contributed by atoms with Crippen LogP contribution in [0.15, 0.2) is 24.7 Å². The molecule has 2 atom stereocenters. The number of alkyl halides is 3. The molecule has 3 saturated heterocycles. The number of piperidine rings is 2. The van der Waals surface area contributed by atoms with E-state index in [1.54, 1.807) is 20.0 Å². The van der Waals surface area contributed by atoms with Gasteiger partial charge in [0.15, 0.2) is 11.3 Å². The molecule has 2 bridgehead atoms. The molecular weight excluding hydrogens is 425 g/mol. The van der Waals surface area contributed by atoms with Crippen molar-refractivity contribution in [3.05, 3.63) is 35.9 Å². The SMILES string of the molecule is CC(C)n1cc(NC(=O)c2cnn3ccc(N4CC5CCC4CN5)nc23)c(C(F)(F)F)n1. The Morgan fingerprint density at radius 2 is 2.12 bits per heavy atom. The Balaban J connectivity index is 1.46. The lowest BCUT2D eigenvalue weighted by molar-refractivity contribution is -0.140. The lowest BCUT2D eigenvalue weighted by Gasteiger charge is -2.46. The van der Waals surface area contributed by atoms with Crippen molar-refractivity contribution in [2.24, 2.45) is 0 Å². The van der Waals surface area contributed by atoms with Gasteiger partial charge in [-0.05, 0) is 32.8 Å². The van der Waals surface area contributed by atoms with Gasteiger partial charge in [-0.2, -0.15) is 23.4 Å². The predicted molar refractivity (Wildman–Crippen MR) is 111 cm³/mol. The summed E-state index contributed by atoms with van der Waals surface area (Å²) in [5.41, 5.74) is -1.15. The van der Waals surface area contributed by atoms with Crippen molar-refractivity contribution in [3.63, 3.8) is 0 Å². The van der Waals surface area contributed by atoms with Gasteiger partial charge in [0.2, 0.25) is 0 Å². The molecule has 6 rings (SSSR count). The molecule has 3 aromatic heterocycles. The summed E-state index contributed by atoms with van der Waals surface area (Å²) in [4.78, 5) is 19.8. The van der Waals surface area contributed by atoms with Gasteiger partial charge in [0.05, 0.1) is 11.9 Å². The molecule has 32 heavy (non-hydrogen) atoms. The molecule has 2 unspecified atom stereocenters. The highest BCUT2D eigenvalue weighted by atomic mass is 19.4. The van der Waals surface area contributed by atoms with Gasteiger partial charge in [-0.25, -0.2) is 9.50 Å². The molecule has 3 fully saturated rings. The number of nitrogens with zero attached hydrogens (tertiary/aromatic N) is 6. The molecule has 6 heterocycles. The fraction of sp³-hybridized carbons (Fsp3) is 0.500. The molecule has 0 spiro atoms. The van der Waals surface area contributed by atoms with Crippen LogP contribution >= 0.6 is 0 Å². The van der Waals surface area contributed by atoms with Crippen LogP contribution in [0.25, 0.3) is 5.65 Å². The molecule has 1 amide bonds. The highest BCUT2D eigenvalue weighted by Crippen LogP contribution is 2.34. The second kappa shape index (κ2) is 7.47. The average molecular weight is 448 g/mol. The Bertz CT molecular complexity index is 1160. The maximum absolute atomic E-state index is 13.4. The van der Waals surface area contributed by atoms with Gasteiger partial charge in [-0.1, -0.05) is 0 Å². The number of nitrogens with one attached hydrogen (secondary N) is 2. The third-order valence-corrected chi connectivity index (χ3v) is 6.02. The molecule has 170 valence electrons. The lowest BCUT2D eigenvalue weighted by atomic mass is 9.93. The normalized spacial score (nSPS) is 21.0. The van der Waals surface area contributed by atoms with Crippen molar-refractivity contribution in [2.75, 3.05) is 23.3 Å². The number of carbonyl (C=O) groups is 1. The fourth-order valence-electron chi connectivity index (χ4n) is 4.32. The second-order valence-corrected chi connectivity index (χ2v) is 8.52. The van der Waals surface area contributed by atoms with Crippen LogP contribution in [0.4, 0.5) is 24.7 Å². The minimum absolute atomic E-state index is 0.0950. The highest BCUT2D eigenvalue weighted by molar-refractivity contribution is 6.08. The first-order chi connectivity index (χ1) is 15.2. The molecule has 0 aliphatic carbocycles. The minimum atomic E-state index is -4.70. The van der Waals surface area contributed by atoms with Crippen molar-refractivity contribution in [3.8, 4) is 0 Å². The number of rotatable bonds is 4. The number of amides is 1. The van der Waals surface area contributed by atoms with Crippen molar-refractivity contribution >= 4 is 23.1 Å². The van der Waals surface area contributed by atoms with E-state index in [-0.39, 0.29) is 11.6 Å². The third-order valence-electron chi connectivity index (χ3n) is 6.02. The van der Waals surface area contributed by atoms with Crippen molar-refractivity contribution in [2.45, 2.75) is 51.0 Å². The van der Waals surface area contributed by atoms with Gasteiger partial charge in [-0.15, -0.1) is 0 Å². The van der Waals surface area contributed by atoms with Crippen molar-refractivity contribution < 1.29 is 18.0 Å². The van der Waals surface area contributed by atoms with E-state index in [1.165, 1.54) is 21.6 Å². The zero-order valence-corrected chi connectivity index (χ0v) is 17.6. The van der Waals surface area contributed by atoms with Gasteiger partial charge in [0, 0.05) is 43.6 Å². The molecule has 3 aliphatic rings. The number of halogens is 3. The van der Waals surface area contributed by atoms with Crippen LogP contribution in [-0.4, -0.2) is 55.5 Å². The zero-order chi connectivity index (χ0) is 22.6. The first-order valence-electron chi connectivity index (χ1n) is 10.5. The van der Waals surface area contributed by atoms with E-state index in [2.05, 4.69) is 30.7 Å². The van der Waals surface area contributed by atoms with E-state index in [0.29, 0.717) is 17.7 Å². The fourth-order valence-corrected chi connectivity index (χ4v) is 4.32. The molecule has 0 saturated carbocycles. The standard InChI is InChI=1S/C20H23F3N8O/c1-11(2)31-10-15(17(28-31)20(21,22)23)26-19(32)14-8-25-30-6-5-16(27-18(14)30)29-9-12-3-4-13(29)7-24-12/h5-6,8,10-13,24H,3-4,7,9H2,1-2H3,(H,26,32). The molecule has 0 radical (unpaired) electrons. The van der Waals surface area contributed by atoms with E-state index in [1.807, 2.05) is 6.07 Å². The van der Waals surface area contributed by atoms with Gasteiger partial charge < -0.3 is 15.5 Å². The number of hydrogen-bond donors (Lipinski definition) is 2. The first-order valence-corrected chi connectivity index (χ1v) is 10.5. The molecule has 0 aromatic carbocycles. The van der Waals surface area contributed by atoms with Crippen molar-refractivity contribution in [1.29, 1.82) is 0 Å². The Morgan fingerprint density at radius 1 is 1.31 bits per heavy atom. The summed E-state index contributed by atoms with van der Waals surface area (Å²) in [5.74, 6) is 0.00662. The Labute approximate surface area is 181 Å². The first kappa shape index (κ1) is 20.7. The predicted octanol–water partition coefficient (Wildman–Crippen LogP) is 2.72. The van der Waals surface area contributed by atoms with E-state index in [0.717, 1.165) is 31.7 Å². The Morgan fingerprint density at radius 3 is 2.75 bits per heavy atom. The quantitative estimate of drug-likeness (QED) is 0.638. The van der Waals surface area contributed by atoms with Crippen LogP contribution in [0.2, 0.25) is 0 Å². The van der Waals surface area contributed by atoms with Gasteiger partial charge in [0.1, 0.15) is 11.4 Å². The zero-order valence-electron chi connectivity index (χ0n) is 17.6. The smallest absolute Gasteiger partial charge is 0.351 e. The summed E-state index contributed by atoms with van der Waals surface area (Å²) in [6.45, 7) is 5.12. The number of aromatic nitrogens is 5. The second-order valence-electron chi connectivity index (χ2n) is 8.52. The number of piperazine rings is 1. The monoisotopic (exact) mass is 448 g/mol. The molecule has 3 aromatic rings. The van der Waals surface area contributed by atoms with Crippen LogP contribution < -0.4 is 15.5 Å². The number of fused-ring (bicyclic) bond motifs is 4. The van der Waals surface area contributed by atoms with Gasteiger partial charge >= 0.3 is 6.18 Å². The van der Waals surface area contributed by atoms with Crippen LogP contribution in [0.3, 0.4) is 0 Å². The van der Waals surface area contributed by atoms with Crippen molar-refractivity contribution in [1.82, 2.24) is 29.7 Å². The minimum Gasteiger partial charge on any atom is -0.351 e. The lowest BCUT2D eigenvalue weighted by Crippen LogP contribution is -2.61. The summed E-state index contributed by atoms with van der Waals surface area (Å²) in [6.07, 6.45) is 1.70. The van der Waals surface area contributed by atoms with Gasteiger partial charge in [-0.3, -0.25) is 9.48 Å². The molecule has 12 heteroatoms. The molecule has 9 nitrogen and oxygen atoms in total. The number of carbonyl (C=O) groups excluding carboxylic acids is 1. The van der Waals surface area contributed by atoms with Crippen LogP contribution in [0.5, 0.6) is 0 Å². The van der Waals surface area contributed by atoms with E-state index in [4.69, 9.17) is 0 Å². The summed E-state index contributed by atoms with van der Waals surface area (Å²) in [6, 6.07) is 2.28. The Kier molecular flexibility index (Phi) is 4.84. The average Bonchev–Trinajstić information content (AvgIpc) is 3.38. The van der Waals surface area contributed by atoms with Crippen LogP contribution in [-0.2, 0) is 6.18 Å². The summed E-state index contributed by atoms with van der Waals surface area (Å²) < 4.78 is 42.9. The van der Waals surface area contributed by atoms with Crippen LogP contribution in [0.1, 0.15) is 48.8 Å². The maximum atomic E-state index is 13.4. The third kappa shape index (κ3) is 3.57. The Hall–Kier alpha value is -3.15. The molecule has 2 N–H and O–H groups in total. The van der Waals surface area contributed by atoms with E-state index >= 15 is 0 Å². The topological polar surface area (TPSA) is 92.4 Å². The summed E-state index contributed by atoms with van der Waals surface area (Å²) in [5, 5.41) is 13.6. The summed E-state index contributed by atoms with van der Waals surface area (Å²) >= 11 is 0. The maximum Gasteiger partial charge on any atom is 0.437 e. The van der Waals surface area contributed by atoms with Crippen LogP contribution in [0, 0.1) is 0 Å².